The summed E-state index contributed by atoms with van der Waals surface area (Å²) in [5.74, 6) is 0.308. The zero-order valence-corrected chi connectivity index (χ0v) is 10.3. The summed E-state index contributed by atoms with van der Waals surface area (Å²) in [6.45, 7) is 1.70. The Kier molecular flexibility index (Phi) is 3.14. The quantitative estimate of drug-likeness (QED) is 0.652. The molecule has 0 aromatic heterocycles. The van der Waals surface area contributed by atoms with E-state index in [9.17, 15) is 15.0 Å². The van der Waals surface area contributed by atoms with Crippen molar-refractivity contribution in [3.63, 3.8) is 0 Å². The van der Waals surface area contributed by atoms with E-state index in [0.717, 1.165) is 5.69 Å². The maximum absolute atomic E-state index is 11.7. The Morgan fingerprint density at radius 2 is 2.00 bits per heavy atom. The third kappa shape index (κ3) is 2.00. The molecule has 0 spiro atoms. The lowest BCUT2D eigenvalue weighted by Gasteiger charge is -2.23. The lowest BCUT2D eigenvalue weighted by Crippen LogP contribution is -2.40. The number of carbonyl (C=O) groups excluding carboxylic acids is 1. The topological polar surface area (TPSA) is 82.0 Å². The molecule has 18 heavy (non-hydrogen) atoms. The van der Waals surface area contributed by atoms with E-state index in [1.807, 2.05) is 0 Å². The number of rotatable bonds is 3. The first kappa shape index (κ1) is 12.7. The van der Waals surface area contributed by atoms with Gasteiger partial charge < -0.3 is 14.9 Å². The zero-order chi connectivity index (χ0) is 13.3. The molecule has 0 radical (unpaired) electrons. The van der Waals surface area contributed by atoms with Gasteiger partial charge in [-0.15, -0.1) is 0 Å². The smallest absolute Gasteiger partial charge is 0.251 e. The number of nitrogens with one attached hydrogen (secondary N) is 1. The number of nitrogens with zero attached hydrogens (tertiary/aromatic N) is 1. The number of aliphatic hydroxyl groups is 2. The van der Waals surface area contributed by atoms with Crippen molar-refractivity contribution in [2.45, 2.75) is 13.2 Å². The Morgan fingerprint density at radius 1 is 1.39 bits per heavy atom. The molecule has 98 valence electrons. The maximum Gasteiger partial charge on any atom is 0.251 e. The molecule has 6 nitrogen and oxygen atoms in total. The Hall–Kier alpha value is -1.79. The molecular formula is C12H16N2O4. The first-order valence-corrected chi connectivity index (χ1v) is 5.56. The predicted octanol–water partition coefficient (Wildman–Crippen LogP) is -0.137. The number of hydrogen-bond donors (Lipinski definition) is 3. The number of methoxy groups -OCH3 is 1. The van der Waals surface area contributed by atoms with E-state index in [0.29, 0.717) is 5.75 Å². The second-order valence-electron chi connectivity index (χ2n) is 4.52. The summed E-state index contributed by atoms with van der Waals surface area (Å²) in [6.07, 6.45) is -1.69. The van der Waals surface area contributed by atoms with Gasteiger partial charge in [0.05, 0.1) is 19.3 Å². The number of benzene rings is 1. The summed E-state index contributed by atoms with van der Waals surface area (Å²) in [5.41, 5.74) is 2.15. The molecule has 6 heteroatoms. The molecule has 3 N–H and O–H groups in total. The minimum Gasteiger partial charge on any atom is -0.497 e. The average Bonchev–Trinajstić information content (AvgIpc) is 2.67. The van der Waals surface area contributed by atoms with Gasteiger partial charge in [-0.1, -0.05) is 0 Å². The molecule has 1 unspecified atom stereocenters. The summed E-state index contributed by atoms with van der Waals surface area (Å²) in [5, 5.41) is 20.1. The molecule has 1 saturated heterocycles. The van der Waals surface area contributed by atoms with Gasteiger partial charge in [0.15, 0.2) is 6.29 Å². The van der Waals surface area contributed by atoms with Gasteiger partial charge in [0.1, 0.15) is 11.2 Å². The van der Waals surface area contributed by atoms with Crippen molar-refractivity contribution in [3.05, 3.63) is 24.3 Å². The Bertz CT molecular complexity index is 446. The zero-order valence-electron chi connectivity index (χ0n) is 10.3. The van der Waals surface area contributed by atoms with Crippen molar-refractivity contribution in [3.8, 4) is 5.75 Å². The van der Waals surface area contributed by atoms with Gasteiger partial charge in [0.2, 0.25) is 0 Å². The molecule has 1 heterocycles. The van der Waals surface area contributed by atoms with Crippen LogP contribution in [0, 0.1) is 5.41 Å². The van der Waals surface area contributed by atoms with Crippen LogP contribution in [0.25, 0.3) is 0 Å². The maximum atomic E-state index is 11.7. The number of aliphatic hydroxyl groups excluding tert-OH is 1. The number of amides is 1. The van der Waals surface area contributed by atoms with Crippen LogP contribution in [0.5, 0.6) is 5.75 Å². The molecule has 1 aliphatic rings. The van der Waals surface area contributed by atoms with Crippen molar-refractivity contribution in [1.82, 2.24) is 5.43 Å². The van der Waals surface area contributed by atoms with Crippen molar-refractivity contribution in [1.29, 1.82) is 0 Å². The molecule has 1 aromatic rings. The van der Waals surface area contributed by atoms with E-state index >= 15 is 0 Å². The van der Waals surface area contributed by atoms with Gasteiger partial charge in [0.25, 0.3) is 5.91 Å². The summed E-state index contributed by atoms with van der Waals surface area (Å²) < 4.78 is 5.05. The Labute approximate surface area is 105 Å². The van der Waals surface area contributed by atoms with Gasteiger partial charge in [0, 0.05) is 0 Å². The van der Waals surface area contributed by atoms with Crippen LogP contribution in [0.3, 0.4) is 0 Å². The van der Waals surface area contributed by atoms with Crippen LogP contribution in [0.4, 0.5) is 5.69 Å². The van der Waals surface area contributed by atoms with Gasteiger partial charge in [-0.3, -0.25) is 15.2 Å². The molecule has 1 aliphatic heterocycles. The first-order valence-electron chi connectivity index (χ1n) is 5.56. The lowest BCUT2D eigenvalue weighted by atomic mass is 9.90. The van der Waals surface area contributed by atoms with E-state index in [1.54, 1.807) is 36.4 Å². The second-order valence-corrected chi connectivity index (χ2v) is 4.52. The van der Waals surface area contributed by atoms with E-state index in [4.69, 9.17) is 4.74 Å². The number of hydrogen-bond acceptors (Lipinski definition) is 5. The van der Waals surface area contributed by atoms with E-state index < -0.39 is 17.6 Å². The van der Waals surface area contributed by atoms with Crippen molar-refractivity contribution >= 4 is 11.6 Å². The SMILES string of the molecule is COc1ccc(N2CC(C)(C(O)O)C(=O)N2)cc1. The third-order valence-corrected chi connectivity index (χ3v) is 3.20. The van der Waals surface area contributed by atoms with Crippen LogP contribution in [0.2, 0.25) is 0 Å². The van der Waals surface area contributed by atoms with Crippen molar-refractivity contribution < 1.29 is 19.7 Å². The van der Waals surface area contributed by atoms with Gasteiger partial charge >= 0.3 is 0 Å². The van der Waals surface area contributed by atoms with Gasteiger partial charge in [-0.25, -0.2) is 0 Å². The molecule has 1 amide bonds. The molecule has 1 fully saturated rings. The van der Waals surface area contributed by atoms with Crippen LogP contribution in [-0.2, 0) is 4.79 Å². The highest BCUT2D eigenvalue weighted by atomic mass is 16.5. The van der Waals surface area contributed by atoms with Gasteiger partial charge in [-0.05, 0) is 31.2 Å². The highest BCUT2D eigenvalue weighted by molar-refractivity contribution is 5.88. The monoisotopic (exact) mass is 252 g/mol. The fourth-order valence-corrected chi connectivity index (χ4v) is 1.81. The summed E-state index contributed by atoms with van der Waals surface area (Å²) >= 11 is 0. The molecule has 0 saturated carbocycles. The molecule has 0 aliphatic carbocycles. The summed E-state index contributed by atoms with van der Waals surface area (Å²) in [7, 11) is 1.58. The average molecular weight is 252 g/mol. The minimum atomic E-state index is -1.69. The Morgan fingerprint density at radius 3 is 2.44 bits per heavy atom. The number of hydrazine groups is 1. The van der Waals surface area contributed by atoms with Crippen molar-refractivity contribution in [2.75, 3.05) is 18.7 Å². The minimum absolute atomic E-state index is 0.190. The van der Waals surface area contributed by atoms with Crippen LogP contribution in [0.15, 0.2) is 24.3 Å². The molecule has 1 atom stereocenters. The van der Waals surface area contributed by atoms with Crippen LogP contribution in [0.1, 0.15) is 6.92 Å². The molecule has 2 rings (SSSR count). The fourth-order valence-electron chi connectivity index (χ4n) is 1.81. The second kappa shape index (κ2) is 4.47. The highest BCUT2D eigenvalue weighted by Gasteiger charge is 2.47. The summed E-state index contributed by atoms with van der Waals surface area (Å²) in [6, 6.07) is 7.11. The van der Waals surface area contributed by atoms with Crippen molar-refractivity contribution in [2.24, 2.45) is 5.41 Å². The van der Waals surface area contributed by atoms with Crippen LogP contribution >= 0.6 is 0 Å². The van der Waals surface area contributed by atoms with E-state index in [-0.39, 0.29) is 6.54 Å². The molecular weight excluding hydrogens is 236 g/mol. The van der Waals surface area contributed by atoms with Gasteiger partial charge in [-0.2, -0.15) is 0 Å². The number of anilines is 1. The number of carbonyl (C=O) groups is 1. The molecule has 0 bridgehead atoms. The standard InChI is InChI=1S/C12H16N2O4/c1-12(11(16)17)7-14(13-10(12)15)8-3-5-9(18-2)6-4-8/h3-6,11,16-17H,7H2,1-2H3,(H,13,15). The lowest BCUT2D eigenvalue weighted by molar-refractivity contribution is -0.153. The third-order valence-electron chi connectivity index (χ3n) is 3.20. The highest BCUT2D eigenvalue weighted by Crippen LogP contribution is 2.30. The normalized spacial score (nSPS) is 23.4. The van der Waals surface area contributed by atoms with E-state index in [1.165, 1.54) is 6.92 Å². The van der Waals surface area contributed by atoms with Crippen LogP contribution < -0.4 is 15.2 Å². The number of ether oxygens (including phenoxy) is 1. The Balaban J connectivity index is 2.19. The fraction of sp³-hybridized carbons (Fsp3) is 0.417. The summed E-state index contributed by atoms with van der Waals surface area (Å²) in [4.78, 5) is 11.7. The van der Waals surface area contributed by atoms with E-state index in [2.05, 4.69) is 5.43 Å². The first-order chi connectivity index (χ1) is 8.47. The molecule has 1 aromatic carbocycles. The largest absolute Gasteiger partial charge is 0.497 e. The van der Waals surface area contributed by atoms with Crippen LogP contribution in [-0.4, -0.2) is 36.1 Å². The predicted molar refractivity (Wildman–Crippen MR) is 64.8 cm³/mol.